The molecule has 0 amide bonds. The molecule has 29 heavy (non-hydrogen) atoms. The first kappa shape index (κ1) is 22.5. The second-order valence-electron chi connectivity index (χ2n) is 7.68. The van der Waals surface area contributed by atoms with E-state index in [4.69, 9.17) is 23.2 Å². The Bertz CT molecular complexity index is 902. The van der Waals surface area contributed by atoms with Crippen LogP contribution in [-0.4, -0.2) is 36.9 Å². The average Bonchev–Trinajstić information content (AvgIpc) is 3.18. The lowest BCUT2D eigenvalue weighted by Gasteiger charge is -2.41. The number of carbonyl (C=O) groups excluding carboxylic acids is 1. The summed E-state index contributed by atoms with van der Waals surface area (Å²) in [6, 6.07) is 10.3. The molecule has 0 aromatic heterocycles. The Morgan fingerprint density at radius 3 is 2.62 bits per heavy atom. The number of rotatable bonds is 5. The SMILES string of the molecule is Cl.O=C(Cc1ccc(Cl)c(Cl)c1)C1(CN2CCCC2)NCCc2c(F)cccc21. The van der Waals surface area contributed by atoms with Crippen molar-refractivity contribution in [2.24, 2.45) is 0 Å². The summed E-state index contributed by atoms with van der Waals surface area (Å²) in [5.74, 6) is -0.198. The minimum atomic E-state index is -0.911. The Labute approximate surface area is 187 Å². The lowest BCUT2D eigenvalue weighted by Crippen LogP contribution is -2.59. The molecule has 4 rings (SSSR count). The van der Waals surface area contributed by atoms with Crippen LogP contribution < -0.4 is 5.32 Å². The van der Waals surface area contributed by atoms with Crippen molar-refractivity contribution in [3.8, 4) is 0 Å². The number of ketones is 1. The first-order valence-electron chi connectivity index (χ1n) is 9.72. The van der Waals surface area contributed by atoms with Gasteiger partial charge in [0, 0.05) is 19.5 Å². The molecule has 2 heterocycles. The lowest BCUT2D eigenvalue weighted by atomic mass is 9.77. The van der Waals surface area contributed by atoms with Crippen molar-refractivity contribution in [3.05, 3.63) is 69.0 Å². The lowest BCUT2D eigenvalue weighted by molar-refractivity contribution is -0.126. The second-order valence-corrected chi connectivity index (χ2v) is 8.49. The van der Waals surface area contributed by atoms with E-state index in [9.17, 15) is 9.18 Å². The van der Waals surface area contributed by atoms with Gasteiger partial charge in [-0.2, -0.15) is 0 Å². The number of hydrogen-bond donors (Lipinski definition) is 1. The molecule has 1 saturated heterocycles. The van der Waals surface area contributed by atoms with Crippen LogP contribution in [0.25, 0.3) is 0 Å². The van der Waals surface area contributed by atoms with E-state index in [0.717, 1.165) is 37.1 Å². The summed E-state index contributed by atoms with van der Waals surface area (Å²) in [4.78, 5) is 16.0. The molecule has 0 aliphatic carbocycles. The molecule has 1 N–H and O–H groups in total. The molecule has 1 atom stereocenters. The number of benzene rings is 2. The number of nitrogens with zero attached hydrogens (tertiary/aromatic N) is 1. The molecule has 0 bridgehead atoms. The van der Waals surface area contributed by atoms with Crippen molar-refractivity contribution >= 4 is 41.4 Å². The van der Waals surface area contributed by atoms with Gasteiger partial charge in [-0.3, -0.25) is 10.1 Å². The molecule has 156 valence electrons. The molecule has 1 fully saturated rings. The van der Waals surface area contributed by atoms with Gasteiger partial charge in [0.05, 0.1) is 10.0 Å². The topological polar surface area (TPSA) is 32.3 Å². The molecule has 0 spiro atoms. The molecule has 1 unspecified atom stereocenters. The van der Waals surface area contributed by atoms with Gasteiger partial charge in [-0.25, -0.2) is 4.39 Å². The third-order valence-corrected chi connectivity index (χ3v) is 6.60. The fourth-order valence-electron chi connectivity index (χ4n) is 4.45. The second kappa shape index (κ2) is 9.32. The highest BCUT2D eigenvalue weighted by Crippen LogP contribution is 2.34. The summed E-state index contributed by atoms with van der Waals surface area (Å²) in [7, 11) is 0. The zero-order valence-corrected chi connectivity index (χ0v) is 18.3. The maximum atomic E-state index is 14.5. The third-order valence-electron chi connectivity index (χ3n) is 5.86. The van der Waals surface area contributed by atoms with Crippen LogP contribution in [0.5, 0.6) is 0 Å². The van der Waals surface area contributed by atoms with E-state index < -0.39 is 5.54 Å². The van der Waals surface area contributed by atoms with E-state index in [1.165, 1.54) is 6.07 Å². The summed E-state index contributed by atoms with van der Waals surface area (Å²) in [5.41, 5.74) is 1.33. The van der Waals surface area contributed by atoms with Crippen molar-refractivity contribution in [2.45, 2.75) is 31.2 Å². The van der Waals surface area contributed by atoms with Gasteiger partial charge in [0.25, 0.3) is 0 Å². The largest absolute Gasteiger partial charge is 0.301 e. The van der Waals surface area contributed by atoms with E-state index in [2.05, 4.69) is 10.2 Å². The third kappa shape index (κ3) is 4.47. The molecule has 2 aromatic rings. The van der Waals surface area contributed by atoms with Crippen molar-refractivity contribution < 1.29 is 9.18 Å². The molecule has 0 saturated carbocycles. The van der Waals surface area contributed by atoms with E-state index >= 15 is 0 Å². The van der Waals surface area contributed by atoms with Gasteiger partial charge in [0.1, 0.15) is 11.4 Å². The van der Waals surface area contributed by atoms with Crippen LogP contribution in [0.15, 0.2) is 36.4 Å². The molecule has 7 heteroatoms. The highest BCUT2D eigenvalue weighted by Gasteiger charge is 2.45. The Hall–Kier alpha value is -1.17. The molecule has 2 aromatic carbocycles. The van der Waals surface area contributed by atoms with Gasteiger partial charge >= 0.3 is 0 Å². The average molecular weight is 458 g/mol. The number of Topliss-reactive ketones (excluding diaryl/α,β-unsaturated/α-hetero) is 1. The zero-order chi connectivity index (χ0) is 19.7. The summed E-state index contributed by atoms with van der Waals surface area (Å²) < 4.78 is 14.5. The van der Waals surface area contributed by atoms with Gasteiger partial charge in [0.15, 0.2) is 5.78 Å². The van der Waals surface area contributed by atoms with Crippen LogP contribution in [0, 0.1) is 5.82 Å². The fraction of sp³-hybridized carbons (Fsp3) is 0.409. The van der Waals surface area contributed by atoms with Gasteiger partial charge < -0.3 is 4.90 Å². The highest BCUT2D eigenvalue weighted by atomic mass is 35.5. The van der Waals surface area contributed by atoms with E-state index in [1.807, 2.05) is 12.1 Å². The van der Waals surface area contributed by atoms with Gasteiger partial charge in [-0.1, -0.05) is 41.4 Å². The minimum absolute atomic E-state index is 0. The standard InChI is InChI=1S/C22H23Cl2FN2O.ClH/c23-18-7-6-15(12-19(18)24)13-21(28)22(14-27-10-1-2-11-27)17-4-3-5-20(25)16(17)8-9-26-22;/h3-7,12,26H,1-2,8-11,13-14H2;1H. The maximum absolute atomic E-state index is 14.5. The number of nitrogens with one attached hydrogen (secondary N) is 1. The van der Waals surface area contributed by atoms with E-state index in [-0.39, 0.29) is 30.4 Å². The van der Waals surface area contributed by atoms with E-state index in [1.54, 1.807) is 18.2 Å². The van der Waals surface area contributed by atoms with Crippen molar-refractivity contribution in [1.82, 2.24) is 10.2 Å². The normalized spacial score (nSPS) is 21.5. The molecule has 3 nitrogen and oxygen atoms in total. The Balaban J connectivity index is 0.00000240. The molecular weight excluding hydrogens is 434 g/mol. The highest BCUT2D eigenvalue weighted by molar-refractivity contribution is 6.42. The van der Waals surface area contributed by atoms with Crippen molar-refractivity contribution in [2.75, 3.05) is 26.2 Å². The predicted octanol–water partition coefficient (Wildman–Crippen LogP) is 4.80. The quantitative estimate of drug-likeness (QED) is 0.700. The summed E-state index contributed by atoms with van der Waals surface area (Å²) >= 11 is 12.2. The first-order valence-corrected chi connectivity index (χ1v) is 10.5. The molecule has 0 radical (unpaired) electrons. The number of halogens is 4. The molecule has 2 aliphatic rings. The van der Waals surface area contributed by atoms with Crippen molar-refractivity contribution in [1.29, 1.82) is 0 Å². The number of likely N-dealkylation sites (tertiary alicyclic amines) is 1. The smallest absolute Gasteiger partial charge is 0.163 e. The number of fused-ring (bicyclic) bond motifs is 1. The fourth-order valence-corrected chi connectivity index (χ4v) is 4.77. The van der Waals surface area contributed by atoms with Crippen LogP contribution in [0.3, 0.4) is 0 Å². The summed E-state index contributed by atoms with van der Waals surface area (Å²) in [5, 5.41) is 4.37. The van der Waals surface area contributed by atoms with Gasteiger partial charge in [-0.15, -0.1) is 12.4 Å². The summed E-state index contributed by atoms with van der Waals surface area (Å²) in [6.45, 7) is 3.07. The Kier molecular flexibility index (Phi) is 7.23. The molecular formula is C22H24Cl3FN2O. The van der Waals surface area contributed by atoms with Crippen molar-refractivity contribution in [3.63, 3.8) is 0 Å². The Morgan fingerprint density at radius 2 is 1.90 bits per heavy atom. The number of hydrogen-bond acceptors (Lipinski definition) is 3. The maximum Gasteiger partial charge on any atom is 0.163 e. The number of carbonyl (C=O) groups is 1. The van der Waals surface area contributed by atoms with E-state index in [0.29, 0.717) is 35.1 Å². The van der Waals surface area contributed by atoms with Gasteiger partial charge in [-0.05, 0) is 67.2 Å². The Morgan fingerprint density at radius 1 is 1.14 bits per heavy atom. The van der Waals surface area contributed by atoms with Crippen LogP contribution >= 0.6 is 35.6 Å². The zero-order valence-electron chi connectivity index (χ0n) is 16.0. The van der Waals surface area contributed by atoms with Crippen LogP contribution in [0.2, 0.25) is 10.0 Å². The summed E-state index contributed by atoms with van der Waals surface area (Å²) in [6.07, 6.45) is 3.07. The van der Waals surface area contributed by atoms with Crippen LogP contribution in [-0.2, 0) is 23.2 Å². The monoisotopic (exact) mass is 456 g/mol. The predicted molar refractivity (Wildman–Crippen MR) is 118 cm³/mol. The first-order chi connectivity index (χ1) is 13.5. The van der Waals surface area contributed by atoms with Crippen LogP contribution in [0.4, 0.5) is 4.39 Å². The van der Waals surface area contributed by atoms with Gasteiger partial charge in [0.2, 0.25) is 0 Å². The minimum Gasteiger partial charge on any atom is -0.301 e. The van der Waals surface area contributed by atoms with Crippen LogP contribution in [0.1, 0.15) is 29.5 Å². The molecule has 2 aliphatic heterocycles.